The minimum absolute atomic E-state index is 0.115. The van der Waals surface area contributed by atoms with Gasteiger partial charge in [0.1, 0.15) is 5.03 Å². The number of nitrogens with zero attached hydrogens (tertiary/aromatic N) is 6. The van der Waals surface area contributed by atoms with Gasteiger partial charge in [-0.25, -0.2) is 20.0 Å². The number of H-pyrrole nitrogens is 1. The number of ether oxygens (including phenoxy) is 1. The van der Waals surface area contributed by atoms with Gasteiger partial charge in [0.15, 0.2) is 11.5 Å². The molecule has 3 aliphatic heterocycles. The van der Waals surface area contributed by atoms with Crippen LogP contribution in [0.2, 0.25) is 0 Å². The number of aliphatic imine (C=N–C) groups is 1. The Morgan fingerprint density at radius 2 is 2.12 bits per heavy atom. The molecule has 0 amide bonds. The fourth-order valence-corrected chi connectivity index (χ4v) is 5.91. The molecule has 6 rings (SSSR count). The average Bonchev–Trinajstić information content (AvgIpc) is 3.41. The Morgan fingerprint density at radius 3 is 2.94 bits per heavy atom. The van der Waals surface area contributed by atoms with E-state index in [1.807, 2.05) is 12.3 Å². The third-order valence-corrected chi connectivity index (χ3v) is 8.04. The van der Waals surface area contributed by atoms with Crippen molar-refractivity contribution in [2.75, 3.05) is 31.3 Å². The van der Waals surface area contributed by atoms with Gasteiger partial charge < -0.3 is 10.5 Å². The minimum Gasteiger partial charge on any atom is -0.376 e. The summed E-state index contributed by atoms with van der Waals surface area (Å²) in [6, 6.07) is 6.31. The summed E-state index contributed by atoms with van der Waals surface area (Å²) in [5, 5.41) is 13.6. The molecule has 3 aromatic heterocycles. The molecule has 2 saturated heterocycles. The van der Waals surface area contributed by atoms with Crippen molar-refractivity contribution >= 4 is 40.5 Å². The predicted octanol–water partition coefficient (Wildman–Crippen LogP) is 2.77. The van der Waals surface area contributed by atoms with E-state index in [9.17, 15) is 0 Å². The van der Waals surface area contributed by atoms with E-state index in [4.69, 9.17) is 15.5 Å². The number of fused-ring (bicyclic) bond motifs is 2. The largest absolute Gasteiger partial charge is 0.376 e. The van der Waals surface area contributed by atoms with Crippen LogP contribution < -0.4 is 10.7 Å². The van der Waals surface area contributed by atoms with Gasteiger partial charge in [-0.3, -0.25) is 10.1 Å². The fraction of sp³-hybridized carbons (Fsp3) is 0.455. The van der Waals surface area contributed by atoms with E-state index in [1.165, 1.54) is 0 Å². The Morgan fingerprint density at radius 1 is 1.25 bits per heavy atom. The summed E-state index contributed by atoms with van der Waals surface area (Å²) in [7, 11) is 0. The molecule has 3 N–H and O–H groups in total. The third-order valence-electron chi connectivity index (χ3n) is 7.03. The topological polar surface area (TPSA) is 109 Å². The lowest BCUT2D eigenvalue weighted by Gasteiger charge is -2.46. The molecular weight excluding hydrogens is 424 g/mol. The number of nitrogens with one attached hydrogen (secondary N) is 1. The minimum atomic E-state index is 0.115. The van der Waals surface area contributed by atoms with E-state index in [0.717, 1.165) is 71.5 Å². The maximum Gasteiger partial charge on any atom is 0.178 e. The predicted molar refractivity (Wildman–Crippen MR) is 124 cm³/mol. The number of piperidine rings is 1. The first-order valence-corrected chi connectivity index (χ1v) is 11.8. The fourth-order valence-electron chi connectivity index (χ4n) is 5.03. The van der Waals surface area contributed by atoms with E-state index < -0.39 is 0 Å². The quantitative estimate of drug-likeness (QED) is 0.627. The molecule has 32 heavy (non-hydrogen) atoms. The van der Waals surface area contributed by atoms with Crippen LogP contribution in [-0.4, -0.2) is 69.8 Å². The third kappa shape index (κ3) is 3.29. The highest BCUT2D eigenvalue weighted by molar-refractivity contribution is 7.99. The highest BCUT2D eigenvalue weighted by Crippen LogP contribution is 2.43. The molecule has 9 nitrogen and oxygen atoms in total. The molecule has 0 aliphatic carbocycles. The molecule has 0 unspecified atom stereocenters. The molecule has 10 heteroatoms. The van der Waals surface area contributed by atoms with Crippen molar-refractivity contribution in [3.05, 3.63) is 30.6 Å². The zero-order chi connectivity index (χ0) is 21.7. The van der Waals surface area contributed by atoms with E-state index >= 15 is 0 Å². The number of rotatable bonds is 3. The summed E-state index contributed by atoms with van der Waals surface area (Å²) in [6.45, 7) is 5.55. The van der Waals surface area contributed by atoms with Gasteiger partial charge in [-0.1, -0.05) is 11.8 Å². The van der Waals surface area contributed by atoms with Gasteiger partial charge in [0.25, 0.3) is 0 Å². The first kappa shape index (κ1) is 20.1. The van der Waals surface area contributed by atoms with Crippen LogP contribution in [0.1, 0.15) is 19.8 Å². The summed E-state index contributed by atoms with van der Waals surface area (Å²) in [5.74, 6) is 0.758. The number of pyridine rings is 2. The molecule has 2 fully saturated rings. The van der Waals surface area contributed by atoms with Gasteiger partial charge in [-0.15, -0.1) is 0 Å². The number of anilines is 1. The average molecular weight is 451 g/mol. The van der Waals surface area contributed by atoms with Crippen molar-refractivity contribution in [3.8, 4) is 0 Å². The summed E-state index contributed by atoms with van der Waals surface area (Å²) in [5.41, 5.74) is 8.44. The Kier molecular flexibility index (Phi) is 4.90. The summed E-state index contributed by atoms with van der Waals surface area (Å²) < 4.78 is 5.88. The first-order chi connectivity index (χ1) is 15.6. The molecule has 2 atom stereocenters. The second-order valence-corrected chi connectivity index (χ2v) is 9.85. The zero-order valence-electron chi connectivity index (χ0n) is 17.9. The Labute approximate surface area is 190 Å². The molecule has 6 heterocycles. The monoisotopic (exact) mass is 450 g/mol. The Hall–Kier alpha value is -2.53. The SMILES string of the molecule is C[C@@H]1OCC2(CCN(N3CC=Nc4nc(Sc5ccnc6[nH]ncc56)ccc43)CC2)[C@@H]1N. The Bertz CT molecular complexity index is 1170. The van der Waals surface area contributed by atoms with Crippen LogP contribution in [0.15, 0.2) is 45.5 Å². The molecule has 3 aliphatic rings. The highest BCUT2D eigenvalue weighted by Gasteiger charge is 2.48. The standard InChI is InChI=1S/C22H26N8OS/c1-14-19(23)22(13-31-14)5-9-29(10-6-22)30-11-8-25-21-16(30)2-3-18(27-21)32-17-4-7-24-20-15(17)12-26-28-20/h2-4,7-8,12,14,19H,5-6,9-11,13,23H2,1H3,(H,24,26,28)/t14-,19+/m0/s1. The van der Waals surface area contributed by atoms with Gasteiger partial charge in [-0.05, 0) is 38.0 Å². The van der Waals surface area contributed by atoms with Gasteiger partial charge >= 0.3 is 0 Å². The number of hydrogen-bond donors (Lipinski definition) is 2. The van der Waals surface area contributed by atoms with Crippen LogP contribution in [-0.2, 0) is 4.74 Å². The van der Waals surface area contributed by atoms with Crippen molar-refractivity contribution in [2.24, 2.45) is 16.1 Å². The van der Waals surface area contributed by atoms with Crippen molar-refractivity contribution in [1.29, 1.82) is 0 Å². The van der Waals surface area contributed by atoms with Gasteiger partial charge in [0.05, 0.1) is 36.5 Å². The zero-order valence-corrected chi connectivity index (χ0v) is 18.8. The van der Waals surface area contributed by atoms with Crippen molar-refractivity contribution in [1.82, 2.24) is 25.2 Å². The lowest BCUT2D eigenvalue weighted by atomic mass is 9.74. The van der Waals surface area contributed by atoms with Crippen LogP contribution >= 0.6 is 11.8 Å². The number of hydrazine groups is 1. The maximum atomic E-state index is 6.50. The molecule has 0 radical (unpaired) electrons. The molecule has 1 spiro atoms. The summed E-state index contributed by atoms with van der Waals surface area (Å²) >= 11 is 1.60. The molecule has 166 valence electrons. The van der Waals surface area contributed by atoms with Crippen LogP contribution in [0.5, 0.6) is 0 Å². The number of nitrogens with two attached hydrogens (primary N) is 1. The highest BCUT2D eigenvalue weighted by atomic mass is 32.2. The lowest BCUT2D eigenvalue weighted by molar-refractivity contribution is 0.0644. The maximum absolute atomic E-state index is 6.50. The van der Waals surface area contributed by atoms with Gasteiger partial charge in [0.2, 0.25) is 0 Å². The number of aromatic nitrogens is 4. The van der Waals surface area contributed by atoms with Crippen LogP contribution in [0.25, 0.3) is 11.0 Å². The molecule has 3 aromatic rings. The second-order valence-electron chi connectivity index (χ2n) is 8.79. The van der Waals surface area contributed by atoms with Crippen LogP contribution in [0, 0.1) is 5.41 Å². The van der Waals surface area contributed by atoms with E-state index in [-0.39, 0.29) is 17.6 Å². The van der Waals surface area contributed by atoms with Crippen molar-refractivity contribution < 1.29 is 4.74 Å². The van der Waals surface area contributed by atoms with E-state index in [0.29, 0.717) is 0 Å². The summed E-state index contributed by atoms with van der Waals surface area (Å²) in [4.78, 5) is 14.8. The smallest absolute Gasteiger partial charge is 0.178 e. The van der Waals surface area contributed by atoms with Gasteiger partial charge in [0, 0.05) is 41.9 Å². The number of hydrogen-bond acceptors (Lipinski definition) is 9. The second kappa shape index (κ2) is 7.80. The van der Waals surface area contributed by atoms with Gasteiger partial charge in [-0.2, -0.15) is 5.10 Å². The molecule has 0 aromatic carbocycles. The molecule has 0 saturated carbocycles. The van der Waals surface area contributed by atoms with Crippen LogP contribution in [0.3, 0.4) is 0 Å². The molecule has 0 bridgehead atoms. The van der Waals surface area contributed by atoms with Crippen molar-refractivity contribution in [3.63, 3.8) is 0 Å². The lowest BCUT2D eigenvalue weighted by Crippen LogP contribution is -2.55. The van der Waals surface area contributed by atoms with E-state index in [2.05, 4.69) is 49.2 Å². The molecular formula is C22H26N8OS. The summed E-state index contributed by atoms with van der Waals surface area (Å²) in [6.07, 6.45) is 7.77. The van der Waals surface area contributed by atoms with E-state index in [1.54, 1.807) is 24.2 Å². The van der Waals surface area contributed by atoms with Crippen molar-refractivity contribution in [2.45, 2.75) is 41.8 Å². The van der Waals surface area contributed by atoms with Crippen LogP contribution in [0.4, 0.5) is 11.5 Å². The normalized spacial score (nSPS) is 25.0. The number of aromatic amines is 1. The first-order valence-electron chi connectivity index (χ1n) is 11.0. The Balaban J connectivity index is 1.20.